The third-order valence-corrected chi connectivity index (χ3v) is 5.66. The number of ketones is 1. The molecule has 1 N–H and O–H groups in total. The minimum Gasteiger partial charge on any atom is -0.428 e. The molecule has 170 valence electrons. The number of β-lactam (4-membered cyclic amide) rings is 1. The lowest BCUT2D eigenvalue weighted by atomic mass is 10.0. The zero-order chi connectivity index (χ0) is 23.1. The number of halogens is 1. The molecule has 0 aromatic rings. The van der Waals surface area contributed by atoms with Gasteiger partial charge in [0.15, 0.2) is 0 Å². The predicted octanol–water partition coefficient (Wildman–Crippen LogP) is -0.839. The van der Waals surface area contributed by atoms with E-state index in [-0.39, 0.29) is 12.3 Å². The van der Waals surface area contributed by atoms with Crippen LogP contribution < -0.4 is 5.32 Å². The van der Waals surface area contributed by atoms with Crippen LogP contribution in [0.4, 0.5) is 0 Å². The van der Waals surface area contributed by atoms with Gasteiger partial charge >= 0.3 is 11.9 Å². The van der Waals surface area contributed by atoms with Crippen molar-refractivity contribution in [1.29, 1.82) is 0 Å². The van der Waals surface area contributed by atoms with Crippen LogP contribution >= 0.6 is 23.4 Å². The summed E-state index contributed by atoms with van der Waals surface area (Å²) in [4.78, 5) is 66.0. The Bertz CT molecular complexity index is 845. The number of methoxy groups -OCH3 is 1. The van der Waals surface area contributed by atoms with Crippen LogP contribution in [0, 0.1) is 0 Å². The van der Waals surface area contributed by atoms with Crippen molar-refractivity contribution in [2.45, 2.75) is 18.3 Å². The topological polar surface area (TPSA) is 150 Å². The standard InChI is InChI=1S/C17H20ClN3O9S/c1-8(22)29-7-30-17(26)13-9(5-27-2)6-31-16-12(15(25)21(13)16)19-14(24)11(20-28-3)10(23)4-18/h12,16H,4-7H2,1-3H3,(H,19,24)/b20-11-/t12?,16-/m1/s1. The fraction of sp³-hybridized carbons (Fsp3) is 0.529. The van der Waals surface area contributed by atoms with E-state index in [2.05, 4.69) is 20.0 Å². The number of alkyl halides is 1. The number of carbonyl (C=O) groups excluding carboxylic acids is 5. The van der Waals surface area contributed by atoms with Gasteiger partial charge in [-0.2, -0.15) is 0 Å². The number of nitrogens with zero attached hydrogens (tertiary/aromatic N) is 2. The van der Waals surface area contributed by atoms with Crippen LogP contribution in [0.3, 0.4) is 0 Å². The van der Waals surface area contributed by atoms with Crippen LogP contribution in [-0.4, -0.2) is 90.8 Å². The van der Waals surface area contributed by atoms with Gasteiger partial charge in [-0.1, -0.05) is 5.16 Å². The molecule has 0 aliphatic carbocycles. The zero-order valence-electron chi connectivity index (χ0n) is 16.8. The summed E-state index contributed by atoms with van der Waals surface area (Å²) in [5.41, 5.74) is -0.134. The second kappa shape index (κ2) is 11.1. The normalized spacial score (nSPS) is 20.5. The summed E-state index contributed by atoms with van der Waals surface area (Å²) >= 11 is 6.75. The van der Waals surface area contributed by atoms with Crippen molar-refractivity contribution in [3.8, 4) is 0 Å². The molecular formula is C17H20ClN3O9S. The van der Waals surface area contributed by atoms with Crippen molar-refractivity contribution in [1.82, 2.24) is 10.2 Å². The van der Waals surface area contributed by atoms with E-state index in [0.29, 0.717) is 11.3 Å². The fourth-order valence-electron chi connectivity index (χ4n) is 2.77. The van der Waals surface area contributed by atoms with Crippen molar-refractivity contribution in [2.24, 2.45) is 5.16 Å². The zero-order valence-corrected chi connectivity index (χ0v) is 18.4. The maximum absolute atomic E-state index is 12.7. The number of thioether (sulfide) groups is 1. The summed E-state index contributed by atoms with van der Waals surface area (Å²) in [7, 11) is 2.58. The molecular weight excluding hydrogens is 458 g/mol. The van der Waals surface area contributed by atoms with Crippen LogP contribution in [-0.2, 0) is 43.0 Å². The summed E-state index contributed by atoms with van der Waals surface area (Å²) in [6.07, 6.45) is 0. The third-order valence-electron chi connectivity index (χ3n) is 4.08. The van der Waals surface area contributed by atoms with Crippen LogP contribution in [0.25, 0.3) is 0 Å². The van der Waals surface area contributed by atoms with Gasteiger partial charge in [0.25, 0.3) is 11.8 Å². The number of ether oxygens (including phenoxy) is 3. The Morgan fingerprint density at radius 1 is 1.26 bits per heavy atom. The van der Waals surface area contributed by atoms with E-state index in [9.17, 15) is 24.0 Å². The molecule has 14 heteroatoms. The molecule has 2 heterocycles. The second-order valence-electron chi connectivity index (χ2n) is 6.11. The molecule has 1 saturated heterocycles. The average molecular weight is 478 g/mol. The number of nitrogens with one attached hydrogen (secondary N) is 1. The Kier molecular flexibility index (Phi) is 8.83. The number of fused-ring (bicyclic) bond motifs is 1. The first-order valence-corrected chi connectivity index (χ1v) is 10.3. The van der Waals surface area contributed by atoms with Crippen LogP contribution in [0.2, 0.25) is 0 Å². The van der Waals surface area contributed by atoms with Crippen molar-refractivity contribution < 1.29 is 43.0 Å². The van der Waals surface area contributed by atoms with E-state index in [0.717, 1.165) is 14.0 Å². The molecule has 0 radical (unpaired) electrons. The predicted molar refractivity (Wildman–Crippen MR) is 107 cm³/mol. The van der Waals surface area contributed by atoms with Crippen LogP contribution in [0.1, 0.15) is 6.92 Å². The first-order valence-electron chi connectivity index (χ1n) is 8.74. The molecule has 1 fully saturated rings. The summed E-state index contributed by atoms with van der Waals surface area (Å²) in [6.45, 7) is 0.599. The number of esters is 2. The number of hydrogen-bond acceptors (Lipinski definition) is 11. The quantitative estimate of drug-likeness (QED) is 0.0802. The maximum Gasteiger partial charge on any atom is 0.358 e. The Morgan fingerprint density at radius 3 is 2.55 bits per heavy atom. The summed E-state index contributed by atoms with van der Waals surface area (Å²) in [6, 6.07) is -1.02. The highest BCUT2D eigenvalue weighted by molar-refractivity contribution is 8.00. The lowest BCUT2D eigenvalue weighted by Gasteiger charge is -2.49. The molecule has 1 unspecified atom stereocenters. The minimum atomic E-state index is -1.02. The van der Waals surface area contributed by atoms with Gasteiger partial charge < -0.3 is 24.4 Å². The highest BCUT2D eigenvalue weighted by atomic mass is 35.5. The van der Waals surface area contributed by atoms with Gasteiger partial charge in [0, 0.05) is 19.8 Å². The number of rotatable bonds is 10. The molecule has 0 aromatic heterocycles. The lowest BCUT2D eigenvalue weighted by Crippen LogP contribution is -2.71. The fourth-order valence-corrected chi connectivity index (χ4v) is 4.23. The SMILES string of the molecule is COCC1=C(C(=O)OCOC(C)=O)N2C(=O)C(NC(=O)/C(=N\OC)C(=O)CCl)[C@H]2SC1. The maximum atomic E-state index is 12.7. The van der Waals surface area contributed by atoms with E-state index in [4.69, 9.17) is 21.1 Å². The highest BCUT2D eigenvalue weighted by Crippen LogP contribution is 2.40. The molecule has 2 rings (SSSR count). The lowest BCUT2D eigenvalue weighted by molar-refractivity contribution is -0.166. The minimum absolute atomic E-state index is 0.0455. The van der Waals surface area contributed by atoms with Crippen molar-refractivity contribution in [3.05, 3.63) is 11.3 Å². The van der Waals surface area contributed by atoms with Gasteiger partial charge in [0.2, 0.25) is 18.3 Å². The third kappa shape index (κ3) is 5.54. The Balaban J connectivity index is 2.18. The van der Waals surface area contributed by atoms with Crippen molar-refractivity contribution in [2.75, 3.05) is 39.3 Å². The summed E-state index contributed by atoms with van der Waals surface area (Å²) in [5, 5.41) is 5.14. The van der Waals surface area contributed by atoms with Gasteiger partial charge in [-0.05, 0) is 5.57 Å². The van der Waals surface area contributed by atoms with Crippen LogP contribution in [0.15, 0.2) is 16.4 Å². The second-order valence-corrected chi connectivity index (χ2v) is 7.48. The molecule has 2 aliphatic rings. The highest BCUT2D eigenvalue weighted by Gasteiger charge is 2.54. The largest absolute Gasteiger partial charge is 0.428 e. The molecule has 0 aromatic carbocycles. The van der Waals surface area contributed by atoms with Gasteiger partial charge in [0.1, 0.15) is 24.2 Å². The van der Waals surface area contributed by atoms with Gasteiger partial charge in [-0.25, -0.2) is 4.79 Å². The first-order chi connectivity index (χ1) is 14.8. The number of amides is 2. The molecule has 0 bridgehead atoms. The van der Waals surface area contributed by atoms with Crippen molar-refractivity contribution in [3.63, 3.8) is 0 Å². The molecule has 31 heavy (non-hydrogen) atoms. The van der Waals surface area contributed by atoms with E-state index in [1.807, 2.05) is 0 Å². The Hall–Kier alpha value is -2.64. The smallest absolute Gasteiger partial charge is 0.358 e. The molecule has 0 saturated carbocycles. The summed E-state index contributed by atoms with van der Waals surface area (Å²) < 4.78 is 14.6. The van der Waals surface area contributed by atoms with E-state index in [1.165, 1.54) is 23.8 Å². The number of hydrogen-bond donors (Lipinski definition) is 1. The molecule has 2 atom stereocenters. The van der Waals surface area contributed by atoms with Gasteiger partial charge in [0.05, 0.1) is 12.5 Å². The molecule has 12 nitrogen and oxygen atoms in total. The molecule has 2 amide bonds. The van der Waals surface area contributed by atoms with Crippen molar-refractivity contribution >= 4 is 58.6 Å². The monoisotopic (exact) mass is 477 g/mol. The molecule has 2 aliphatic heterocycles. The average Bonchev–Trinajstić information content (AvgIpc) is 2.74. The Morgan fingerprint density at radius 2 is 1.97 bits per heavy atom. The van der Waals surface area contributed by atoms with Gasteiger partial charge in [-0.3, -0.25) is 24.1 Å². The van der Waals surface area contributed by atoms with E-state index < -0.39 is 59.3 Å². The van der Waals surface area contributed by atoms with E-state index in [1.54, 1.807) is 0 Å². The number of carbonyl (C=O) groups is 5. The first kappa shape index (κ1) is 24.6. The van der Waals surface area contributed by atoms with Gasteiger partial charge in [-0.15, -0.1) is 23.4 Å². The Labute approximate surface area is 186 Å². The van der Waals surface area contributed by atoms with Crippen LogP contribution in [0.5, 0.6) is 0 Å². The van der Waals surface area contributed by atoms with E-state index >= 15 is 0 Å². The molecule has 0 spiro atoms. The number of oxime groups is 1. The number of Topliss-reactive ketones (excluding diaryl/α,β-unsaturated/α-hetero) is 1. The summed E-state index contributed by atoms with van der Waals surface area (Å²) in [5.74, 6) is -4.02.